The van der Waals surface area contributed by atoms with Crippen LogP contribution in [0.4, 0.5) is 17.6 Å². The smallest absolute Gasteiger partial charge is 0.228 e. The number of nitrogens with zero attached hydrogens (tertiary/aromatic N) is 7. The van der Waals surface area contributed by atoms with Crippen LogP contribution in [0.15, 0.2) is 60.9 Å². The van der Waals surface area contributed by atoms with Crippen molar-refractivity contribution in [2.24, 2.45) is 7.05 Å². The second-order valence-corrected chi connectivity index (χ2v) is 8.38. The second-order valence-electron chi connectivity index (χ2n) is 8.38. The van der Waals surface area contributed by atoms with Gasteiger partial charge in [-0.05, 0) is 37.1 Å². The summed E-state index contributed by atoms with van der Waals surface area (Å²) < 4.78 is 3.85. The Labute approximate surface area is 190 Å². The first-order valence-electron chi connectivity index (χ1n) is 10.9. The highest BCUT2D eigenvalue weighted by Gasteiger charge is 2.25. The highest BCUT2D eigenvalue weighted by Crippen LogP contribution is 2.32. The molecule has 0 radical (unpaired) electrons. The van der Waals surface area contributed by atoms with E-state index in [1.165, 1.54) is 11.1 Å². The molecule has 0 saturated heterocycles. The Kier molecular flexibility index (Phi) is 4.53. The third-order valence-electron chi connectivity index (χ3n) is 6.04. The molecule has 0 aliphatic carbocycles. The van der Waals surface area contributed by atoms with E-state index >= 15 is 0 Å². The van der Waals surface area contributed by atoms with Gasteiger partial charge in [0.25, 0.3) is 0 Å². The summed E-state index contributed by atoms with van der Waals surface area (Å²) in [4.78, 5) is 9.04. The fraction of sp³-hybridized carbons (Fsp3) is 0.208. The van der Waals surface area contributed by atoms with Crippen molar-refractivity contribution in [3.05, 3.63) is 77.9 Å². The van der Waals surface area contributed by atoms with Crippen LogP contribution in [-0.4, -0.2) is 40.9 Å². The van der Waals surface area contributed by atoms with Gasteiger partial charge in [-0.15, -0.1) is 10.2 Å². The first-order chi connectivity index (χ1) is 16.1. The maximum Gasteiger partial charge on any atom is 0.228 e. The molecule has 1 atom stereocenters. The monoisotopic (exact) mass is 437 g/mol. The van der Waals surface area contributed by atoms with Crippen LogP contribution in [0.2, 0.25) is 0 Å². The number of hydrogen-bond acceptors (Lipinski definition) is 7. The van der Waals surface area contributed by atoms with Crippen LogP contribution in [0, 0.1) is 6.92 Å². The lowest BCUT2D eigenvalue weighted by atomic mass is 9.96. The van der Waals surface area contributed by atoms with Crippen LogP contribution >= 0.6 is 0 Å². The van der Waals surface area contributed by atoms with Crippen LogP contribution in [0.25, 0.3) is 16.9 Å². The van der Waals surface area contributed by atoms with Crippen molar-refractivity contribution in [1.82, 2.24) is 34.3 Å². The minimum Gasteiger partial charge on any atom is -0.370 e. The summed E-state index contributed by atoms with van der Waals surface area (Å²) >= 11 is 0. The van der Waals surface area contributed by atoms with Gasteiger partial charge in [-0.2, -0.15) is 5.10 Å². The summed E-state index contributed by atoms with van der Waals surface area (Å²) in [6, 6.07) is 16.6. The van der Waals surface area contributed by atoms with Crippen molar-refractivity contribution < 1.29 is 0 Å². The van der Waals surface area contributed by atoms with Crippen LogP contribution < -0.4 is 10.6 Å². The first-order valence-corrected chi connectivity index (χ1v) is 10.9. The number of nitrogens with one attached hydrogen (secondary N) is 2. The highest BCUT2D eigenvalue weighted by atomic mass is 15.3. The van der Waals surface area contributed by atoms with E-state index in [0.717, 1.165) is 47.3 Å². The molecule has 5 aromatic rings. The van der Waals surface area contributed by atoms with Crippen LogP contribution in [0.5, 0.6) is 0 Å². The molecule has 1 aromatic carbocycles. The SMILES string of the molecule is Cc1ccc(CC2CNc3cc(-c4ccnc(Nc5ccnn5C)n4)cc4nnc2n34)cc1. The second kappa shape index (κ2) is 7.70. The normalized spacial score (nSPS) is 14.9. The average molecular weight is 438 g/mol. The summed E-state index contributed by atoms with van der Waals surface area (Å²) in [5, 5.41) is 20.0. The number of pyridine rings is 1. The van der Waals surface area contributed by atoms with Gasteiger partial charge in [-0.1, -0.05) is 29.8 Å². The molecule has 164 valence electrons. The molecular formula is C24H23N9. The lowest BCUT2D eigenvalue weighted by Crippen LogP contribution is -2.24. The van der Waals surface area contributed by atoms with Crippen molar-refractivity contribution in [3.63, 3.8) is 0 Å². The summed E-state index contributed by atoms with van der Waals surface area (Å²) in [6.07, 6.45) is 4.40. The van der Waals surface area contributed by atoms with Gasteiger partial charge >= 0.3 is 0 Å². The quantitative estimate of drug-likeness (QED) is 0.432. The molecule has 1 aliphatic heterocycles. The Morgan fingerprint density at radius 1 is 1.06 bits per heavy atom. The average Bonchev–Trinajstić information content (AvgIpc) is 3.44. The number of hydrogen-bond donors (Lipinski definition) is 2. The number of rotatable bonds is 5. The lowest BCUT2D eigenvalue weighted by molar-refractivity contribution is 0.635. The Hall–Kier alpha value is -4.27. The van der Waals surface area contributed by atoms with Crippen molar-refractivity contribution in [2.45, 2.75) is 19.3 Å². The molecule has 6 rings (SSSR count). The van der Waals surface area contributed by atoms with Gasteiger partial charge in [-0.25, -0.2) is 9.97 Å². The highest BCUT2D eigenvalue weighted by molar-refractivity contribution is 5.71. The fourth-order valence-corrected chi connectivity index (χ4v) is 4.27. The molecule has 1 aliphatic rings. The van der Waals surface area contributed by atoms with Crippen LogP contribution in [-0.2, 0) is 13.5 Å². The van der Waals surface area contributed by atoms with Gasteiger partial charge in [0.05, 0.1) is 11.9 Å². The summed E-state index contributed by atoms with van der Waals surface area (Å²) in [6.45, 7) is 2.92. The third kappa shape index (κ3) is 3.57. The first kappa shape index (κ1) is 19.4. The van der Waals surface area contributed by atoms with E-state index in [2.05, 4.69) is 72.6 Å². The molecule has 9 nitrogen and oxygen atoms in total. The predicted molar refractivity (Wildman–Crippen MR) is 127 cm³/mol. The van der Waals surface area contributed by atoms with Crippen molar-refractivity contribution in [1.29, 1.82) is 0 Å². The van der Waals surface area contributed by atoms with E-state index in [1.807, 2.05) is 25.2 Å². The Bertz CT molecular complexity index is 1450. The summed E-state index contributed by atoms with van der Waals surface area (Å²) in [7, 11) is 1.87. The van der Waals surface area contributed by atoms with E-state index < -0.39 is 0 Å². The van der Waals surface area contributed by atoms with Crippen LogP contribution in [0.3, 0.4) is 0 Å². The Morgan fingerprint density at radius 3 is 2.76 bits per heavy atom. The van der Waals surface area contributed by atoms with E-state index in [1.54, 1.807) is 17.1 Å². The predicted octanol–water partition coefficient (Wildman–Crippen LogP) is 3.72. The molecule has 0 amide bonds. The van der Waals surface area contributed by atoms with Gasteiger partial charge in [0, 0.05) is 37.3 Å². The zero-order chi connectivity index (χ0) is 22.4. The summed E-state index contributed by atoms with van der Waals surface area (Å²) in [5.74, 6) is 3.56. The molecule has 0 spiro atoms. The molecule has 0 fully saturated rings. The molecule has 9 heteroatoms. The molecule has 5 heterocycles. The number of aryl methyl sites for hydroxylation is 2. The topological polar surface area (TPSA) is 97.8 Å². The minimum atomic E-state index is 0.259. The van der Waals surface area contributed by atoms with Gasteiger partial charge in [0.1, 0.15) is 17.5 Å². The summed E-state index contributed by atoms with van der Waals surface area (Å²) in [5.41, 5.74) is 5.14. The molecule has 1 unspecified atom stereocenters. The van der Waals surface area contributed by atoms with Crippen molar-refractivity contribution in [3.8, 4) is 11.3 Å². The molecular weight excluding hydrogens is 414 g/mol. The Morgan fingerprint density at radius 2 is 1.94 bits per heavy atom. The largest absolute Gasteiger partial charge is 0.370 e. The number of benzene rings is 1. The van der Waals surface area contributed by atoms with Crippen molar-refractivity contribution >= 4 is 23.2 Å². The zero-order valence-electron chi connectivity index (χ0n) is 18.4. The number of aromatic nitrogens is 7. The van der Waals surface area contributed by atoms with Gasteiger partial charge in [0.15, 0.2) is 5.65 Å². The van der Waals surface area contributed by atoms with E-state index in [0.29, 0.717) is 5.95 Å². The molecule has 33 heavy (non-hydrogen) atoms. The number of anilines is 3. The standard InChI is InChI=1S/C24H23N9/c1-15-3-5-16(6-4-15)11-18-14-26-21-12-17(13-22-30-31-23(18)33(21)22)19-7-9-25-24(28-19)29-20-8-10-27-32(20)2/h3-10,12-13,18,26H,11,14H2,1-2H3,(H,25,28,29). The van der Waals surface area contributed by atoms with E-state index in [-0.39, 0.29) is 5.92 Å². The van der Waals surface area contributed by atoms with Gasteiger partial charge in [0.2, 0.25) is 5.95 Å². The molecule has 0 saturated carbocycles. The maximum absolute atomic E-state index is 4.70. The van der Waals surface area contributed by atoms with Gasteiger partial charge < -0.3 is 10.6 Å². The zero-order valence-corrected chi connectivity index (χ0v) is 18.4. The third-order valence-corrected chi connectivity index (χ3v) is 6.04. The maximum atomic E-state index is 4.70. The van der Waals surface area contributed by atoms with E-state index in [4.69, 9.17) is 4.98 Å². The fourth-order valence-electron chi connectivity index (χ4n) is 4.27. The minimum absolute atomic E-state index is 0.259. The molecule has 2 N–H and O–H groups in total. The molecule has 0 bridgehead atoms. The lowest BCUT2D eigenvalue weighted by Gasteiger charge is -2.24. The molecule has 4 aromatic heterocycles. The Balaban J connectivity index is 1.32. The van der Waals surface area contributed by atoms with Crippen LogP contribution in [0.1, 0.15) is 22.9 Å². The van der Waals surface area contributed by atoms with Gasteiger partial charge in [-0.3, -0.25) is 9.08 Å². The van der Waals surface area contributed by atoms with Crippen molar-refractivity contribution in [2.75, 3.05) is 17.2 Å². The van der Waals surface area contributed by atoms with E-state index in [9.17, 15) is 0 Å².